The highest BCUT2D eigenvalue weighted by Crippen LogP contribution is 2.49. The number of rotatable bonds is 3. The highest BCUT2D eigenvalue weighted by molar-refractivity contribution is 7.99. The quantitative estimate of drug-likeness (QED) is 0.603. The molecule has 0 aliphatic carbocycles. The van der Waals surface area contributed by atoms with E-state index in [4.69, 9.17) is 14.2 Å². The van der Waals surface area contributed by atoms with Crippen LogP contribution in [0.5, 0.6) is 11.5 Å². The van der Waals surface area contributed by atoms with Gasteiger partial charge in [0.25, 0.3) is 5.69 Å². The Morgan fingerprint density at radius 2 is 1.96 bits per heavy atom. The van der Waals surface area contributed by atoms with Crippen LogP contribution >= 0.6 is 11.8 Å². The molecule has 0 spiro atoms. The topological polar surface area (TPSA) is 128 Å². The Morgan fingerprint density at radius 3 is 2.52 bits per heavy atom. The lowest BCUT2D eigenvalue weighted by Gasteiger charge is -2.30. The van der Waals surface area contributed by atoms with E-state index < -0.39 is 34.0 Å². The molecule has 0 saturated carbocycles. The molecule has 27 heavy (non-hydrogen) atoms. The van der Waals surface area contributed by atoms with Crippen LogP contribution in [0.3, 0.4) is 0 Å². The van der Waals surface area contributed by atoms with Crippen LogP contribution in [0.15, 0.2) is 12.1 Å². The zero-order valence-electron chi connectivity index (χ0n) is 14.8. The molecular weight excluding hydrogens is 380 g/mol. The van der Waals surface area contributed by atoms with Gasteiger partial charge in [-0.1, -0.05) is 0 Å². The number of amides is 1. The van der Waals surface area contributed by atoms with Crippen molar-refractivity contribution in [3.8, 4) is 11.5 Å². The maximum atomic E-state index is 12.7. The Morgan fingerprint density at radius 1 is 1.33 bits per heavy atom. The first-order valence-corrected chi connectivity index (χ1v) is 9.07. The van der Waals surface area contributed by atoms with Gasteiger partial charge < -0.3 is 19.3 Å². The van der Waals surface area contributed by atoms with E-state index in [0.717, 1.165) is 16.7 Å². The molecule has 1 aromatic carbocycles. The van der Waals surface area contributed by atoms with Crippen LogP contribution in [-0.2, 0) is 9.53 Å². The van der Waals surface area contributed by atoms with Crippen molar-refractivity contribution in [3.05, 3.63) is 27.8 Å². The number of thioether (sulfide) groups is 1. The number of nitro groups is 1. The van der Waals surface area contributed by atoms with E-state index in [-0.39, 0.29) is 29.5 Å². The SMILES string of the molecule is CC(C)(C)OC(=O)N1[C@@H](C(=O)O)CS[C@@H]1c1cc2c(cc1[N+](=O)[O-])OCO2. The number of carboxylic acids is 1. The molecule has 2 heterocycles. The van der Waals surface area contributed by atoms with Crippen LogP contribution in [0.2, 0.25) is 0 Å². The highest BCUT2D eigenvalue weighted by atomic mass is 32.2. The second-order valence-electron chi connectivity index (χ2n) is 6.95. The lowest BCUT2D eigenvalue weighted by molar-refractivity contribution is -0.385. The van der Waals surface area contributed by atoms with Gasteiger partial charge in [-0.15, -0.1) is 11.8 Å². The fourth-order valence-corrected chi connectivity index (χ4v) is 4.21. The molecule has 11 heteroatoms. The van der Waals surface area contributed by atoms with Gasteiger partial charge in [0, 0.05) is 5.75 Å². The molecule has 1 amide bonds. The number of carboxylic acid groups (broad SMARTS) is 1. The van der Waals surface area contributed by atoms with Crippen molar-refractivity contribution in [2.45, 2.75) is 37.8 Å². The number of aliphatic carboxylic acids is 1. The zero-order valence-corrected chi connectivity index (χ0v) is 15.6. The van der Waals surface area contributed by atoms with Crippen LogP contribution in [-0.4, -0.2) is 51.2 Å². The van der Waals surface area contributed by atoms with Crippen LogP contribution in [0.4, 0.5) is 10.5 Å². The Kier molecular flexibility index (Phi) is 4.81. The zero-order chi connectivity index (χ0) is 19.9. The number of hydrogen-bond donors (Lipinski definition) is 1. The summed E-state index contributed by atoms with van der Waals surface area (Å²) < 4.78 is 15.8. The van der Waals surface area contributed by atoms with Crippen molar-refractivity contribution in [2.24, 2.45) is 0 Å². The molecule has 1 N–H and O–H groups in total. The number of ether oxygens (including phenoxy) is 3. The maximum Gasteiger partial charge on any atom is 0.412 e. The van der Waals surface area contributed by atoms with Crippen LogP contribution in [0.1, 0.15) is 31.7 Å². The molecule has 3 rings (SSSR count). The fourth-order valence-electron chi connectivity index (χ4n) is 2.78. The number of nitrogens with zero attached hydrogens (tertiary/aromatic N) is 2. The third-order valence-electron chi connectivity index (χ3n) is 3.87. The monoisotopic (exact) mass is 398 g/mol. The van der Waals surface area contributed by atoms with Crippen LogP contribution in [0.25, 0.3) is 0 Å². The summed E-state index contributed by atoms with van der Waals surface area (Å²) in [6.07, 6.45) is -0.850. The predicted molar refractivity (Wildman–Crippen MR) is 93.9 cm³/mol. The number of benzene rings is 1. The largest absolute Gasteiger partial charge is 0.480 e. The number of hydrogen-bond acceptors (Lipinski definition) is 8. The molecular formula is C16H18N2O8S. The van der Waals surface area contributed by atoms with E-state index in [9.17, 15) is 24.8 Å². The predicted octanol–water partition coefficient (Wildman–Crippen LogP) is 2.76. The normalized spacial score (nSPS) is 21.2. The molecule has 1 aromatic rings. The molecule has 0 radical (unpaired) electrons. The molecule has 1 fully saturated rings. The Labute approximate surface area is 158 Å². The van der Waals surface area contributed by atoms with E-state index in [2.05, 4.69) is 0 Å². The summed E-state index contributed by atoms with van der Waals surface area (Å²) in [5, 5.41) is 20.1. The van der Waals surface area contributed by atoms with Gasteiger partial charge in [-0.3, -0.25) is 15.0 Å². The van der Waals surface area contributed by atoms with Gasteiger partial charge in [-0.25, -0.2) is 9.59 Å². The van der Waals surface area contributed by atoms with Gasteiger partial charge in [0.2, 0.25) is 6.79 Å². The second kappa shape index (κ2) is 6.80. The summed E-state index contributed by atoms with van der Waals surface area (Å²) in [7, 11) is 0. The molecule has 0 bridgehead atoms. The number of carbonyl (C=O) groups is 2. The first kappa shape index (κ1) is 19.1. The van der Waals surface area contributed by atoms with E-state index in [1.54, 1.807) is 20.8 Å². The molecule has 2 aliphatic rings. The van der Waals surface area contributed by atoms with Gasteiger partial charge in [-0.2, -0.15) is 0 Å². The van der Waals surface area contributed by atoms with E-state index >= 15 is 0 Å². The van der Waals surface area contributed by atoms with Crippen molar-refractivity contribution in [3.63, 3.8) is 0 Å². The number of fused-ring (bicyclic) bond motifs is 1. The Balaban J connectivity index is 2.05. The van der Waals surface area contributed by atoms with Gasteiger partial charge in [-0.05, 0) is 26.8 Å². The van der Waals surface area contributed by atoms with Crippen molar-refractivity contribution >= 4 is 29.5 Å². The molecule has 1 saturated heterocycles. The summed E-state index contributed by atoms with van der Waals surface area (Å²) in [6.45, 7) is 4.90. The Hall–Kier alpha value is -2.69. The molecule has 2 aliphatic heterocycles. The van der Waals surface area contributed by atoms with Gasteiger partial charge in [0.05, 0.1) is 16.6 Å². The highest BCUT2D eigenvalue weighted by Gasteiger charge is 2.47. The average Bonchev–Trinajstić information content (AvgIpc) is 3.17. The minimum Gasteiger partial charge on any atom is -0.480 e. The van der Waals surface area contributed by atoms with Crippen molar-refractivity contribution in [1.29, 1.82) is 0 Å². The van der Waals surface area contributed by atoms with Crippen molar-refractivity contribution in [1.82, 2.24) is 4.90 Å². The molecule has 0 aromatic heterocycles. The lowest BCUT2D eigenvalue weighted by atomic mass is 10.1. The van der Waals surface area contributed by atoms with Crippen molar-refractivity contribution in [2.75, 3.05) is 12.5 Å². The molecule has 0 unspecified atom stereocenters. The maximum absolute atomic E-state index is 12.7. The summed E-state index contributed by atoms with van der Waals surface area (Å²) in [5.74, 6) is -0.601. The Bertz CT molecular complexity index is 806. The van der Waals surface area contributed by atoms with E-state index in [1.807, 2.05) is 0 Å². The first-order valence-electron chi connectivity index (χ1n) is 8.02. The van der Waals surface area contributed by atoms with Crippen LogP contribution in [0, 0.1) is 10.1 Å². The summed E-state index contributed by atoms with van der Waals surface area (Å²) in [4.78, 5) is 36.3. The van der Waals surface area contributed by atoms with Crippen LogP contribution < -0.4 is 9.47 Å². The molecule has 2 atom stereocenters. The summed E-state index contributed by atoms with van der Waals surface area (Å²) in [5.41, 5.74) is -0.973. The van der Waals surface area contributed by atoms with E-state index in [1.165, 1.54) is 12.1 Å². The lowest BCUT2D eigenvalue weighted by Crippen LogP contribution is -2.45. The third-order valence-corrected chi connectivity index (χ3v) is 5.18. The summed E-state index contributed by atoms with van der Waals surface area (Å²) >= 11 is 1.11. The standard InChI is InChI=1S/C16H18N2O8S/c1-16(2,3)26-15(21)17-10(14(19)20)6-27-13(17)8-4-11-12(25-7-24-11)5-9(8)18(22)23/h4-5,10,13H,6-7H2,1-3H3,(H,19,20)/t10-,13-/m1/s1. The van der Waals surface area contributed by atoms with Gasteiger partial charge in [0.1, 0.15) is 17.0 Å². The third kappa shape index (κ3) is 3.72. The first-order chi connectivity index (χ1) is 12.6. The van der Waals surface area contributed by atoms with Gasteiger partial charge >= 0.3 is 12.1 Å². The minimum atomic E-state index is -1.21. The smallest absolute Gasteiger partial charge is 0.412 e. The van der Waals surface area contributed by atoms with E-state index in [0.29, 0.717) is 5.75 Å². The number of nitro benzene ring substituents is 1. The van der Waals surface area contributed by atoms with Gasteiger partial charge in [0.15, 0.2) is 11.5 Å². The molecule has 10 nitrogen and oxygen atoms in total. The minimum absolute atomic E-state index is 0.0682. The fraction of sp³-hybridized carbons (Fsp3) is 0.500. The second-order valence-corrected chi connectivity index (χ2v) is 8.06. The number of carbonyl (C=O) groups excluding carboxylic acids is 1. The average molecular weight is 398 g/mol. The van der Waals surface area contributed by atoms with Crippen molar-refractivity contribution < 1.29 is 33.8 Å². The molecule has 146 valence electrons. The summed E-state index contributed by atoms with van der Waals surface area (Å²) in [6, 6.07) is 1.47.